The van der Waals surface area contributed by atoms with Crippen LogP contribution in [-0.4, -0.2) is 46.7 Å². The molecule has 0 radical (unpaired) electrons. The zero-order valence-electron chi connectivity index (χ0n) is 15.6. The molecule has 1 aliphatic rings. The molecule has 1 aromatic heterocycles. The third kappa shape index (κ3) is 3.68. The molecule has 4 rings (SSSR count). The lowest BCUT2D eigenvalue weighted by molar-refractivity contribution is -0.134. The summed E-state index contributed by atoms with van der Waals surface area (Å²) in [6.45, 7) is 2.24. The van der Waals surface area contributed by atoms with Crippen LogP contribution in [0, 0.1) is 0 Å². The Morgan fingerprint density at radius 2 is 1.75 bits per heavy atom. The molecule has 0 saturated carbocycles. The fourth-order valence-corrected chi connectivity index (χ4v) is 4.39. The number of morpholine rings is 1. The Kier molecular flexibility index (Phi) is 5.45. The van der Waals surface area contributed by atoms with Gasteiger partial charge in [-0.05, 0) is 17.7 Å². The van der Waals surface area contributed by atoms with Crippen molar-refractivity contribution in [3.8, 4) is 0 Å². The van der Waals surface area contributed by atoms with Crippen LogP contribution in [-0.2, 0) is 16.6 Å². The summed E-state index contributed by atoms with van der Waals surface area (Å²) in [6, 6.07) is 16.9. The SMILES string of the molecule is Cn1c(SC(C(=O)N2CCOCC2)c2ccccc2)nc2ccccc2c1=O. The average Bonchev–Trinajstić information content (AvgIpc) is 2.76. The molecular formula is C21H21N3O3S. The van der Waals surface area contributed by atoms with Crippen LogP contribution in [0.5, 0.6) is 0 Å². The number of nitrogens with zero attached hydrogens (tertiary/aromatic N) is 3. The van der Waals surface area contributed by atoms with Gasteiger partial charge in [-0.1, -0.05) is 54.2 Å². The van der Waals surface area contributed by atoms with Crippen LogP contribution in [0.3, 0.4) is 0 Å². The van der Waals surface area contributed by atoms with Crippen LogP contribution in [0.15, 0.2) is 64.5 Å². The van der Waals surface area contributed by atoms with Gasteiger partial charge in [-0.15, -0.1) is 0 Å². The molecule has 1 fully saturated rings. The Labute approximate surface area is 167 Å². The van der Waals surface area contributed by atoms with Crippen molar-refractivity contribution in [2.45, 2.75) is 10.4 Å². The molecule has 2 heterocycles. The van der Waals surface area contributed by atoms with Gasteiger partial charge in [0.1, 0.15) is 5.25 Å². The second kappa shape index (κ2) is 8.16. The van der Waals surface area contributed by atoms with Gasteiger partial charge in [0.05, 0.1) is 24.1 Å². The molecule has 28 heavy (non-hydrogen) atoms. The minimum absolute atomic E-state index is 0.0157. The largest absolute Gasteiger partial charge is 0.378 e. The first-order valence-electron chi connectivity index (χ1n) is 9.19. The van der Waals surface area contributed by atoms with Gasteiger partial charge < -0.3 is 9.64 Å². The fourth-order valence-electron chi connectivity index (χ4n) is 3.25. The molecule has 1 unspecified atom stereocenters. The number of para-hydroxylation sites is 1. The maximum absolute atomic E-state index is 13.3. The number of amides is 1. The second-order valence-electron chi connectivity index (χ2n) is 6.62. The number of carbonyl (C=O) groups excluding carboxylic acids is 1. The number of benzene rings is 2. The highest BCUT2D eigenvalue weighted by Crippen LogP contribution is 2.36. The lowest BCUT2D eigenvalue weighted by Crippen LogP contribution is -2.42. The van der Waals surface area contributed by atoms with E-state index in [1.54, 1.807) is 13.1 Å². The molecule has 3 aromatic rings. The zero-order chi connectivity index (χ0) is 19.5. The summed E-state index contributed by atoms with van der Waals surface area (Å²) in [4.78, 5) is 32.5. The van der Waals surface area contributed by atoms with Crippen molar-refractivity contribution in [3.05, 3.63) is 70.5 Å². The molecule has 1 aliphatic heterocycles. The molecule has 144 valence electrons. The Balaban J connectivity index is 1.74. The topological polar surface area (TPSA) is 64.4 Å². The quantitative estimate of drug-likeness (QED) is 0.502. The van der Waals surface area contributed by atoms with E-state index in [9.17, 15) is 9.59 Å². The normalized spacial score (nSPS) is 15.5. The van der Waals surface area contributed by atoms with Crippen molar-refractivity contribution < 1.29 is 9.53 Å². The average molecular weight is 395 g/mol. The van der Waals surface area contributed by atoms with Crippen molar-refractivity contribution in [1.29, 1.82) is 0 Å². The summed E-state index contributed by atoms with van der Waals surface area (Å²) in [6.07, 6.45) is 0. The number of hydrogen-bond donors (Lipinski definition) is 0. The molecule has 0 aliphatic carbocycles. The van der Waals surface area contributed by atoms with Crippen molar-refractivity contribution in [2.24, 2.45) is 7.05 Å². The van der Waals surface area contributed by atoms with E-state index in [0.29, 0.717) is 42.4 Å². The number of ether oxygens (including phenoxy) is 1. The molecule has 7 heteroatoms. The molecule has 1 atom stereocenters. The minimum atomic E-state index is -0.474. The predicted molar refractivity (Wildman–Crippen MR) is 109 cm³/mol. The van der Waals surface area contributed by atoms with E-state index >= 15 is 0 Å². The highest BCUT2D eigenvalue weighted by molar-refractivity contribution is 8.00. The summed E-state index contributed by atoms with van der Waals surface area (Å²) in [5.41, 5.74) is 1.42. The van der Waals surface area contributed by atoms with Gasteiger partial charge in [-0.3, -0.25) is 14.2 Å². The van der Waals surface area contributed by atoms with E-state index in [2.05, 4.69) is 4.98 Å². The number of rotatable bonds is 4. The summed E-state index contributed by atoms with van der Waals surface area (Å²) < 4.78 is 6.90. The maximum atomic E-state index is 13.3. The van der Waals surface area contributed by atoms with Crippen LogP contribution in [0.25, 0.3) is 10.9 Å². The second-order valence-corrected chi connectivity index (χ2v) is 7.69. The van der Waals surface area contributed by atoms with Gasteiger partial charge in [0.15, 0.2) is 5.16 Å². The van der Waals surface area contributed by atoms with Crippen molar-refractivity contribution >= 4 is 28.6 Å². The van der Waals surface area contributed by atoms with Crippen molar-refractivity contribution in [3.63, 3.8) is 0 Å². The van der Waals surface area contributed by atoms with E-state index in [-0.39, 0.29) is 11.5 Å². The molecule has 6 nitrogen and oxygen atoms in total. The summed E-state index contributed by atoms with van der Waals surface area (Å²) in [5, 5.41) is 0.628. The van der Waals surface area contributed by atoms with E-state index < -0.39 is 5.25 Å². The first-order valence-corrected chi connectivity index (χ1v) is 10.1. The van der Waals surface area contributed by atoms with Gasteiger partial charge in [-0.25, -0.2) is 4.98 Å². The first kappa shape index (κ1) is 18.7. The van der Waals surface area contributed by atoms with Gasteiger partial charge in [0.25, 0.3) is 5.56 Å². The number of aromatic nitrogens is 2. The molecule has 0 spiro atoms. The summed E-state index contributed by atoms with van der Waals surface area (Å²) in [5.74, 6) is 0.0157. The molecule has 0 bridgehead atoms. The molecular weight excluding hydrogens is 374 g/mol. The van der Waals surface area contributed by atoms with Crippen LogP contribution < -0.4 is 5.56 Å². The number of hydrogen-bond acceptors (Lipinski definition) is 5. The molecule has 1 amide bonds. The minimum Gasteiger partial charge on any atom is -0.378 e. The highest BCUT2D eigenvalue weighted by Gasteiger charge is 2.29. The van der Waals surface area contributed by atoms with E-state index in [1.807, 2.05) is 53.4 Å². The van der Waals surface area contributed by atoms with Crippen LogP contribution in [0.1, 0.15) is 10.8 Å². The third-order valence-electron chi connectivity index (χ3n) is 4.81. The smallest absolute Gasteiger partial charge is 0.261 e. The van der Waals surface area contributed by atoms with Crippen molar-refractivity contribution in [1.82, 2.24) is 14.5 Å². The number of fused-ring (bicyclic) bond motifs is 1. The summed E-state index contributed by atoms with van der Waals surface area (Å²) >= 11 is 1.32. The predicted octanol–water partition coefficient (Wildman–Crippen LogP) is 2.63. The lowest BCUT2D eigenvalue weighted by Gasteiger charge is -2.30. The molecule has 1 saturated heterocycles. The van der Waals surface area contributed by atoms with Crippen LogP contribution in [0.2, 0.25) is 0 Å². The summed E-state index contributed by atoms with van der Waals surface area (Å²) in [7, 11) is 1.70. The van der Waals surface area contributed by atoms with E-state index in [4.69, 9.17) is 4.74 Å². The van der Waals surface area contributed by atoms with Gasteiger partial charge in [0, 0.05) is 20.1 Å². The third-order valence-corrected chi connectivity index (χ3v) is 6.10. The van der Waals surface area contributed by atoms with Gasteiger partial charge >= 0.3 is 0 Å². The maximum Gasteiger partial charge on any atom is 0.261 e. The Hall–Kier alpha value is -2.64. The van der Waals surface area contributed by atoms with Crippen LogP contribution in [0.4, 0.5) is 0 Å². The lowest BCUT2D eigenvalue weighted by atomic mass is 10.1. The first-order chi connectivity index (χ1) is 13.6. The van der Waals surface area contributed by atoms with E-state index in [0.717, 1.165) is 5.56 Å². The van der Waals surface area contributed by atoms with Gasteiger partial charge in [-0.2, -0.15) is 0 Å². The molecule has 2 aromatic carbocycles. The Morgan fingerprint density at radius 1 is 1.07 bits per heavy atom. The standard InChI is InChI=1S/C21H21N3O3S/c1-23-19(25)16-9-5-6-10-17(16)22-21(23)28-18(15-7-3-2-4-8-15)20(26)24-11-13-27-14-12-24/h2-10,18H,11-14H2,1H3. The number of carbonyl (C=O) groups is 1. The van der Waals surface area contributed by atoms with Crippen LogP contribution >= 0.6 is 11.8 Å². The monoisotopic (exact) mass is 395 g/mol. The molecule has 0 N–H and O–H groups in total. The zero-order valence-corrected chi connectivity index (χ0v) is 16.4. The van der Waals surface area contributed by atoms with Gasteiger partial charge in [0.2, 0.25) is 5.91 Å². The Morgan fingerprint density at radius 3 is 2.50 bits per heavy atom. The Bertz CT molecular complexity index is 1050. The van der Waals surface area contributed by atoms with Crippen molar-refractivity contribution in [2.75, 3.05) is 26.3 Å². The van der Waals surface area contributed by atoms with E-state index in [1.165, 1.54) is 16.3 Å². The number of thioether (sulfide) groups is 1. The highest BCUT2D eigenvalue weighted by atomic mass is 32.2. The fraction of sp³-hybridized carbons (Fsp3) is 0.286.